The van der Waals surface area contributed by atoms with Gasteiger partial charge in [0.25, 0.3) is 0 Å². The monoisotopic (exact) mass is 246 g/mol. The summed E-state index contributed by atoms with van der Waals surface area (Å²) < 4.78 is 10.9. The quantitative estimate of drug-likeness (QED) is 0.527. The number of rotatable bonds is 12. The van der Waals surface area contributed by atoms with Crippen LogP contribution in [-0.4, -0.2) is 63.5 Å². The van der Waals surface area contributed by atoms with Crippen molar-refractivity contribution in [3.05, 3.63) is 0 Å². The third kappa shape index (κ3) is 10.7. The minimum Gasteiger partial charge on any atom is -0.379 e. The zero-order valence-electron chi connectivity index (χ0n) is 12.0. The van der Waals surface area contributed by atoms with Crippen LogP contribution >= 0.6 is 0 Å². The molecule has 0 saturated heterocycles. The molecule has 0 bridgehead atoms. The first kappa shape index (κ1) is 16.8. The molecule has 0 heterocycles. The van der Waals surface area contributed by atoms with Gasteiger partial charge in [-0.25, -0.2) is 0 Å². The second-order valence-electron chi connectivity index (χ2n) is 4.12. The fourth-order valence-corrected chi connectivity index (χ4v) is 1.57. The van der Waals surface area contributed by atoms with Gasteiger partial charge < -0.3 is 19.7 Å². The number of ether oxygens (including phenoxy) is 2. The Morgan fingerprint density at radius 2 is 1.82 bits per heavy atom. The zero-order chi connectivity index (χ0) is 12.9. The molecule has 0 fully saturated rings. The zero-order valence-corrected chi connectivity index (χ0v) is 12.0. The maximum Gasteiger partial charge on any atom is 0.0781 e. The van der Waals surface area contributed by atoms with E-state index in [0.717, 1.165) is 45.9 Å². The third-order valence-electron chi connectivity index (χ3n) is 2.74. The summed E-state index contributed by atoms with van der Waals surface area (Å²) in [5.74, 6) is 0. The molecule has 1 atom stereocenters. The molecule has 0 radical (unpaired) electrons. The van der Waals surface area contributed by atoms with Crippen LogP contribution in [-0.2, 0) is 9.47 Å². The van der Waals surface area contributed by atoms with Gasteiger partial charge in [0.15, 0.2) is 0 Å². The summed E-state index contributed by atoms with van der Waals surface area (Å²) in [5, 5.41) is 3.39. The van der Waals surface area contributed by atoms with Gasteiger partial charge in [-0.2, -0.15) is 0 Å². The topological polar surface area (TPSA) is 33.7 Å². The lowest BCUT2D eigenvalue weighted by Gasteiger charge is -2.18. The van der Waals surface area contributed by atoms with Crippen molar-refractivity contribution in [3.8, 4) is 0 Å². The first-order chi connectivity index (χ1) is 8.24. The van der Waals surface area contributed by atoms with Gasteiger partial charge in [0.2, 0.25) is 0 Å². The van der Waals surface area contributed by atoms with Crippen molar-refractivity contribution in [1.29, 1.82) is 0 Å². The Balaban J connectivity index is 3.22. The lowest BCUT2D eigenvalue weighted by atomic mass is 10.4. The molecule has 0 saturated carbocycles. The van der Waals surface area contributed by atoms with E-state index < -0.39 is 0 Å². The second-order valence-corrected chi connectivity index (χ2v) is 4.12. The van der Waals surface area contributed by atoms with Crippen molar-refractivity contribution in [2.75, 3.05) is 52.5 Å². The van der Waals surface area contributed by atoms with Crippen molar-refractivity contribution in [3.63, 3.8) is 0 Å². The van der Waals surface area contributed by atoms with Crippen molar-refractivity contribution < 1.29 is 9.47 Å². The van der Waals surface area contributed by atoms with Crippen molar-refractivity contribution in [2.24, 2.45) is 0 Å². The van der Waals surface area contributed by atoms with Gasteiger partial charge in [-0.05, 0) is 26.9 Å². The van der Waals surface area contributed by atoms with Gasteiger partial charge in [0.1, 0.15) is 0 Å². The summed E-state index contributed by atoms with van der Waals surface area (Å²) in [6.45, 7) is 16.0. The van der Waals surface area contributed by atoms with E-state index in [4.69, 9.17) is 9.47 Å². The first-order valence-corrected chi connectivity index (χ1v) is 6.86. The smallest absolute Gasteiger partial charge is 0.0781 e. The molecule has 0 aromatic heterocycles. The molecule has 0 spiro atoms. The Morgan fingerprint density at radius 1 is 1.12 bits per heavy atom. The summed E-state index contributed by atoms with van der Waals surface area (Å²) in [4.78, 5) is 2.41. The maximum atomic E-state index is 5.60. The Kier molecular flexibility index (Phi) is 12.2. The molecule has 1 N–H and O–H groups in total. The predicted molar refractivity (Wildman–Crippen MR) is 72.6 cm³/mol. The highest BCUT2D eigenvalue weighted by molar-refractivity contribution is 4.56. The number of hydrogen-bond donors (Lipinski definition) is 1. The van der Waals surface area contributed by atoms with Gasteiger partial charge in [-0.15, -0.1) is 0 Å². The van der Waals surface area contributed by atoms with Crippen LogP contribution in [0.25, 0.3) is 0 Å². The van der Waals surface area contributed by atoms with Crippen LogP contribution in [0, 0.1) is 0 Å². The normalized spacial score (nSPS) is 13.2. The summed E-state index contributed by atoms with van der Waals surface area (Å²) in [6.07, 6.45) is 0.194. The fourth-order valence-electron chi connectivity index (χ4n) is 1.57. The van der Waals surface area contributed by atoms with E-state index in [1.165, 1.54) is 0 Å². The van der Waals surface area contributed by atoms with Gasteiger partial charge in [-0.3, -0.25) is 0 Å². The molecule has 4 heteroatoms. The number of likely N-dealkylation sites (N-methyl/N-ethyl adjacent to an activating group) is 1. The first-order valence-electron chi connectivity index (χ1n) is 6.86. The SMILES string of the molecule is CCOCC(C)OCCNCCN(CC)CC. The largest absolute Gasteiger partial charge is 0.379 e. The molecule has 0 rings (SSSR count). The average molecular weight is 246 g/mol. The van der Waals surface area contributed by atoms with E-state index in [0.29, 0.717) is 6.61 Å². The van der Waals surface area contributed by atoms with E-state index in [2.05, 4.69) is 24.1 Å². The molecule has 0 aromatic rings. The summed E-state index contributed by atoms with van der Waals surface area (Å²) in [5.41, 5.74) is 0. The van der Waals surface area contributed by atoms with E-state index in [-0.39, 0.29) is 6.10 Å². The lowest BCUT2D eigenvalue weighted by Crippen LogP contribution is -2.33. The summed E-state index contributed by atoms with van der Waals surface area (Å²) in [6, 6.07) is 0. The lowest BCUT2D eigenvalue weighted by molar-refractivity contribution is -0.00193. The molecule has 1 unspecified atom stereocenters. The number of nitrogens with one attached hydrogen (secondary N) is 1. The van der Waals surface area contributed by atoms with Gasteiger partial charge in [-0.1, -0.05) is 13.8 Å². The molecule has 104 valence electrons. The van der Waals surface area contributed by atoms with Crippen LogP contribution < -0.4 is 5.32 Å². The Morgan fingerprint density at radius 3 is 2.41 bits per heavy atom. The Bertz CT molecular complexity index is 152. The fraction of sp³-hybridized carbons (Fsp3) is 1.00. The number of nitrogens with zero attached hydrogens (tertiary/aromatic N) is 1. The number of hydrogen-bond acceptors (Lipinski definition) is 4. The van der Waals surface area contributed by atoms with E-state index in [9.17, 15) is 0 Å². The average Bonchev–Trinajstić information content (AvgIpc) is 2.35. The van der Waals surface area contributed by atoms with Crippen LogP contribution in [0.4, 0.5) is 0 Å². The summed E-state index contributed by atoms with van der Waals surface area (Å²) in [7, 11) is 0. The molecular weight excluding hydrogens is 216 g/mol. The molecule has 0 aliphatic rings. The molecule has 4 nitrogen and oxygen atoms in total. The predicted octanol–water partition coefficient (Wildman–Crippen LogP) is 1.36. The van der Waals surface area contributed by atoms with Crippen molar-refractivity contribution >= 4 is 0 Å². The van der Waals surface area contributed by atoms with Crippen LogP contribution in [0.5, 0.6) is 0 Å². The van der Waals surface area contributed by atoms with Crippen LogP contribution in [0.2, 0.25) is 0 Å². The van der Waals surface area contributed by atoms with Crippen LogP contribution in [0.15, 0.2) is 0 Å². The van der Waals surface area contributed by atoms with Crippen molar-refractivity contribution in [2.45, 2.75) is 33.8 Å². The minimum absolute atomic E-state index is 0.194. The standard InChI is InChI=1S/C13H30N2O2/c1-5-15(6-2)10-8-14-9-11-17-13(4)12-16-7-3/h13-14H,5-12H2,1-4H3. The second kappa shape index (κ2) is 12.3. The summed E-state index contributed by atoms with van der Waals surface area (Å²) >= 11 is 0. The molecule has 0 amide bonds. The van der Waals surface area contributed by atoms with Crippen molar-refractivity contribution in [1.82, 2.24) is 10.2 Å². The minimum atomic E-state index is 0.194. The highest BCUT2D eigenvalue weighted by atomic mass is 16.5. The van der Waals surface area contributed by atoms with E-state index in [1.54, 1.807) is 0 Å². The van der Waals surface area contributed by atoms with Gasteiger partial charge in [0.05, 0.1) is 19.3 Å². The highest BCUT2D eigenvalue weighted by Gasteiger charge is 2.01. The van der Waals surface area contributed by atoms with E-state index in [1.807, 2.05) is 13.8 Å². The molecule has 17 heavy (non-hydrogen) atoms. The Labute approximate surface area is 107 Å². The van der Waals surface area contributed by atoms with Crippen LogP contribution in [0.3, 0.4) is 0 Å². The molecule has 0 aliphatic heterocycles. The van der Waals surface area contributed by atoms with E-state index >= 15 is 0 Å². The Hall–Kier alpha value is -0.160. The van der Waals surface area contributed by atoms with Gasteiger partial charge >= 0.3 is 0 Å². The maximum absolute atomic E-state index is 5.60. The highest BCUT2D eigenvalue weighted by Crippen LogP contribution is 1.91. The van der Waals surface area contributed by atoms with Gasteiger partial charge in [0, 0.05) is 26.2 Å². The van der Waals surface area contributed by atoms with Crippen LogP contribution in [0.1, 0.15) is 27.7 Å². The molecule has 0 aromatic carbocycles. The molecule has 0 aliphatic carbocycles. The molecular formula is C13H30N2O2. The third-order valence-corrected chi connectivity index (χ3v) is 2.74.